The fourth-order valence-electron chi connectivity index (χ4n) is 9.41. The molecule has 8 nitrogen and oxygen atoms in total. The molecular formula is C70H127N2O6P. The first-order chi connectivity index (χ1) is 38.5. The summed E-state index contributed by atoms with van der Waals surface area (Å²) >= 11 is 0. The molecule has 9 heteroatoms. The molecule has 0 saturated carbocycles. The molecule has 0 fully saturated rings. The summed E-state index contributed by atoms with van der Waals surface area (Å²) < 4.78 is 23.4. The van der Waals surface area contributed by atoms with Gasteiger partial charge in [-0.05, 0) is 83.5 Å². The maximum atomic E-state index is 13.0. The number of likely N-dealkylation sites (N-methyl/N-ethyl adjacent to an activating group) is 1. The number of nitrogens with zero attached hydrogens (tertiary/aromatic N) is 1. The Kier molecular flexibility index (Phi) is 58.1. The lowest BCUT2D eigenvalue weighted by Crippen LogP contribution is -2.45. The highest BCUT2D eigenvalue weighted by molar-refractivity contribution is 7.45. The smallest absolute Gasteiger partial charge is 0.268 e. The lowest BCUT2D eigenvalue weighted by atomic mass is 10.0. The second kappa shape index (κ2) is 60.0. The predicted molar refractivity (Wildman–Crippen MR) is 343 cm³/mol. The van der Waals surface area contributed by atoms with Crippen LogP contribution in [0, 0.1) is 0 Å². The molecule has 0 aliphatic carbocycles. The monoisotopic (exact) mass is 1120 g/mol. The summed E-state index contributed by atoms with van der Waals surface area (Å²) in [5, 5.41) is 13.9. The van der Waals surface area contributed by atoms with Gasteiger partial charge in [-0.2, -0.15) is 0 Å². The van der Waals surface area contributed by atoms with E-state index in [0.29, 0.717) is 17.4 Å². The van der Waals surface area contributed by atoms with E-state index in [9.17, 15) is 19.4 Å². The molecule has 0 aromatic rings. The van der Waals surface area contributed by atoms with Crippen LogP contribution in [0.3, 0.4) is 0 Å². The summed E-state index contributed by atoms with van der Waals surface area (Å²) in [6, 6.07) is -0.908. The van der Waals surface area contributed by atoms with Crippen molar-refractivity contribution in [3.8, 4) is 0 Å². The number of aliphatic hydroxyl groups excluding tert-OH is 1. The first kappa shape index (κ1) is 76.4. The van der Waals surface area contributed by atoms with Gasteiger partial charge in [0.15, 0.2) is 0 Å². The molecule has 0 saturated heterocycles. The third-order valence-corrected chi connectivity index (χ3v) is 15.5. The molecule has 0 bridgehead atoms. The number of hydrogen-bond acceptors (Lipinski definition) is 6. The summed E-state index contributed by atoms with van der Waals surface area (Å²) in [5.41, 5.74) is 0. The molecule has 3 atom stereocenters. The average Bonchev–Trinajstić information content (AvgIpc) is 3.42. The van der Waals surface area contributed by atoms with E-state index in [1.165, 1.54) is 193 Å². The van der Waals surface area contributed by atoms with E-state index in [4.69, 9.17) is 9.05 Å². The number of phosphoric ester groups is 1. The van der Waals surface area contributed by atoms with E-state index in [1.54, 1.807) is 6.08 Å². The standard InChI is InChI=1S/C70H127N2O6P/c1-6-8-10-12-14-16-18-20-22-24-26-28-29-30-31-32-33-34-35-36-37-38-39-40-41-42-43-44-46-48-50-52-54-56-58-60-62-64-70(74)71-68(67-78-79(75,76)77-66-65-72(3,4)5)69(73)63-61-59-57-55-53-51-49-47-45-27-25-23-21-19-17-15-13-11-9-7-2/h8,10,14,16,20,22,26,28,30-31,33-34,53,55,61,63,68-69,73H,6-7,9,11-13,15,17-19,21,23-25,27,29,32,35-52,54,56-60,62,64-67H2,1-5H3,(H-,71,74,75,76)/b10-8-,16-14-,22-20-,28-26-,31-30-,34-33-,55-53+,63-61+. The SMILES string of the molecule is CC/C=C\C/C=C\C/C=C\C/C=C\C/C=C\C/C=C\CCCCCCCCCCCCCCCCCCCCC(=O)NC(COP(=O)([O-])OCC[N+](C)(C)C)C(O)/C=C/CC/C=C/CCCCCCCCCCCCCCCC. The number of allylic oxidation sites excluding steroid dienone is 15. The minimum Gasteiger partial charge on any atom is -0.756 e. The number of hydrogen-bond donors (Lipinski definition) is 2. The van der Waals surface area contributed by atoms with Crippen molar-refractivity contribution >= 4 is 13.7 Å². The highest BCUT2D eigenvalue weighted by atomic mass is 31.2. The summed E-state index contributed by atoms with van der Waals surface area (Å²) in [7, 11) is 1.25. The fraction of sp³-hybridized carbons (Fsp3) is 0.757. The molecule has 3 unspecified atom stereocenters. The van der Waals surface area contributed by atoms with Crippen LogP contribution in [-0.4, -0.2) is 68.5 Å². The van der Waals surface area contributed by atoms with Crippen molar-refractivity contribution in [2.45, 2.75) is 302 Å². The molecule has 0 aromatic carbocycles. The maximum Gasteiger partial charge on any atom is 0.268 e. The first-order valence-electron chi connectivity index (χ1n) is 33.1. The van der Waals surface area contributed by atoms with Crippen LogP contribution in [0.1, 0.15) is 290 Å². The predicted octanol–water partition coefficient (Wildman–Crippen LogP) is 20.3. The minimum absolute atomic E-state index is 0.00817. The van der Waals surface area contributed by atoms with E-state index < -0.39 is 26.6 Å². The molecule has 2 N–H and O–H groups in total. The number of carbonyl (C=O) groups is 1. The first-order valence-corrected chi connectivity index (χ1v) is 34.6. The summed E-state index contributed by atoms with van der Waals surface area (Å²) in [6.45, 7) is 4.54. The zero-order chi connectivity index (χ0) is 57.7. The van der Waals surface area contributed by atoms with Crippen LogP contribution < -0.4 is 10.2 Å². The Labute approximate surface area is 489 Å². The van der Waals surface area contributed by atoms with Gasteiger partial charge in [0, 0.05) is 6.42 Å². The van der Waals surface area contributed by atoms with Crippen molar-refractivity contribution in [1.29, 1.82) is 0 Å². The van der Waals surface area contributed by atoms with Gasteiger partial charge in [0.1, 0.15) is 13.2 Å². The van der Waals surface area contributed by atoms with Crippen LogP contribution in [0.15, 0.2) is 97.2 Å². The van der Waals surface area contributed by atoms with Crippen molar-refractivity contribution in [3.05, 3.63) is 97.2 Å². The van der Waals surface area contributed by atoms with E-state index in [1.807, 2.05) is 27.2 Å². The molecule has 0 radical (unpaired) electrons. The van der Waals surface area contributed by atoms with Gasteiger partial charge in [0.2, 0.25) is 5.91 Å². The Bertz CT molecular complexity index is 1610. The Morgan fingerprint density at radius 1 is 0.456 bits per heavy atom. The molecule has 79 heavy (non-hydrogen) atoms. The zero-order valence-electron chi connectivity index (χ0n) is 52.3. The molecule has 0 aromatic heterocycles. The molecule has 0 spiro atoms. The van der Waals surface area contributed by atoms with Crippen LogP contribution >= 0.6 is 7.82 Å². The highest BCUT2D eigenvalue weighted by Crippen LogP contribution is 2.38. The van der Waals surface area contributed by atoms with Gasteiger partial charge in [0.25, 0.3) is 7.82 Å². The van der Waals surface area contributed by atoms with E-state index >= 15 is 0 Å². The number of unbranched alkanes of at least 4 members (excludes halogenated alkanes) is 33. The fourth-order valence-corrected chi connectivity index (χ4v) is 10.1. The third kappa shape index (κ3) is 62.9. The summed E-state index contributed by atoms with van der Waals surface area (Å²) in [4.78, 5) is 25.6. The number of nitrogens with one attached hydrogen (secondary N) is 1. The van der Waals surface area contributed by atoms with E-state index in [0.717, 1.165) is 77.0 Å². The van der Waals surface area contributed by atoms with Gasteiger partial charge in [-0.3, -0.25) is 9.36 Å². The number of amides is 1. The molecule has 0 rings (SSSR count). The largest absolute Gasteiger partial charge is 0.756 e. The molecule has 0 aliphatic heterocycles. The Morgan fingerprint density at radius 3 is 1.18 bits per heavy atom. The number of aliphatic hydroxyl groups is 1. The van der Waals surface area contributed by atoms with Crippen molar-refractivity contribution in [3.63, 3.8) is 0 Å². The number of quaternary nitrogens is 1. The van der Waals surface area contributed by atoms with Crippen molar-refractivity contribution in [1.82, 2.24) is 5.32 Å². The van der Waals surface area contributed by atoms with E-state index in [2.05, 4.69) is 104 Å². The third-order valence-electron chi connectivity index (χ3n) is 14.5. The minimum atomic E-state index is -4.61. The van der Waals surface area contributed by atoms with Crippen molar-refractivity contribution < 1.29 is 32.9 Å². The molecule has 458 valence electrons. The normalized spacial score (nSPS) is 14.4. The quantitative estimate of drug-likeness (QED) is 0.0272. The van der Waals surface area contributed by atoms with Crippen LogP contribution in [0.2, 0.25) is 0 Å². The molecule has 0 aliphatic rings. The second-order valence-corrected chi connectivity index (χ2v) is 24.8. The average molecular weight is 1120 g/mol. The van der Waals surface area contributed by atoms with Crippen LogP contribution in [-0.2, 0) is 18.4 Å². The number of rotatable bonds is 60. The Balaban J connectivity index is 4.07. The maximum absolute atomic E-state index is 13.0. The Morgan fingerprint density at radius 2 is 0.785 bits per heavy atom. The lowest BCUT2D eigenvalue weighted by molar-refractivity contribution is -0.870. The molecular weight excluding hydrogens is 996 g/mol. The van der Waals surface area contributed by atoms with Gasteiger partial charge in [0.05, 0.1) is 39.9 Å². The molecule has 1 amide bonds. The summed E-state index contributed by atoms with van der Waals surface area (Å²) in [6.07, 6.45) is 86.6. The van der Waals surface area contributed by atoms with E-state index in [-0.39, 0.29) is 12.5 Å². The van der Waals surface area contributed by atoms with Gasteiger partial charge in [-0.1, -0.05) is 297 Å². The molecule has 0 heterocycles. The van der Waals surface area contributed by atoms with Crippen molar-refractivity contribution in [2.75, 3.05) is 40.9 Å². The van der Waals surface area contributed by atoms with Crippen LogP contribution in [0.5, 0.6) is 0 Å². The van der Waals surface area contributed by atoms with Gasteiger partial charge < -0.3 is 28.8 Å². The van der Waals surface area contributed by atoms with Gasteiger partial charge in [-0.25, -0.2) is 0 Å². The van der Waals surface area contributed by atoms with Crippen molar-refractivity contribution in [2.24, 2.45) is 0 Å². The van der Waals surface area contributed by atoms with Crippen LogP contribution in [0.4, 0.5) is 0 Å². The van der Waals surface area contributed by atoms with Crippen LogP contribution in [0.25, 0.3) is 0 Å². The Hall–Kier alpha value is -2.58. The number of phosphoric acid groups is 1. The summed E-state index contributed by atoms with van der Waals surface area (Å²) in [5.74, 6) is -0.206. The highest BCUT2D eigenvalue weighted by Gasteiger charge is 2.23. The topological polar surface area (TPSA) is 108 Å². The second-order valence-electron chi connectivity index (χ2n) is 23.4. The zero-order valence-corrected chi connectivity index (χ0v) is 53.2. The van der Waals surface area contributed by atoms with Gasteiger partial charge in [-0.15, -0.1) is 0 Å². The number of carbonyl (C=O) groups excluding carboxylic acids is 1. The lowest BCUT2D eigenvalue weighted by Gasteiger charge is -2.29. The van der Waals surface area contributed by atoms with Gasteiger partial charge >= 0.3 is 0 Å².